The van der Waals surface area contributed by atoms with Crippen LogP contribution in [0.4, 0.5) is 0 Å². The van der Waals surface area contributed by atoms with Crippen LogP contribution >= 0.6 is 0 Å². The lowest BCUT2D eigenvalue weighted by Gasteiger charge is -2.23. The Hall–Kier alpha value is -0.820. The molecule has 2 rings (SSSR count). The second-order valence-electron chi connectivity index (χ2n) is 6.37. The predicted molar refractivity (Wildman–Crippen MR) is 83.6 cm³/mol. The largest absolute Gasteiger partial charge is 0.313 e. The molecule has 1 saturated carbocycles. The van der Waals surface area contributed by atoms with Gasteiger partial charge in [0.1, 0.15) is 0 Å². The molecule has 0 aliphatic heterocycles. The number of hydrogen-bond donors (Lipinski definition) is 1. The lowest BCUT2D eigenvalue weighted by molar-refractivity contribution is 0.418. The van der Waals surface area contributed by atoms with Gasteiger partial charge in [-0.1, -0.05) is 51.0 Å². The van der Waals surface area contributed by atoms with Gasteiger partial charge in [0, 0.05) is 12.6 Å². The molecule has 0 saturated heterocycles. The first-order valence-corrected chi connectivity index (χ1v) is 7.99. The molecule has 0 aromatic heterocycles. The summed E-state index contributed by atoms with van der Waals surface area (Å²) in [4.78, 5) is 0. The summed E-state index contributed by atoms with van der Waals surface area (Å²) in [6.07, 6.45) is 6.73. The summed E-state index contributed by atoms with van der Waals surface area (Å²) >= 11 is 0. The summed E-state index contributed by atoms with van der Waals surface area (Å²) < 4.78 is 0. The molecular formula is C18H29N. The molecule has 1 fully saturated rings. The van der Waals surface area contributed by atoms with E-state index in [2.05, 4.69) is 50.4 Å². The maximum absolute atomic E-state index is 3.73. The van der Waals surface area contributed by atoms with Gasteiger partial charge >= 0.3 is 0 Å². The van der Waals surface area contributed by atoms with Crippen molar-refractivity contribution in [1.29, 1.82) is 0 Å². The molecule has 1 aliphatic rings. The normalized spacial score (nSPS) is 18.3. The molecule has 1 nitrogen and oxygen atoms in total. The summed E-state index contributed by atoms with van der Waals surface area (Å²) in [5.41, 5.74) is 3.01. The second kappa shape index (κ2) is 7.09. The minimum absolute atomic E-state index is 0.684. The van der Waals surface area contributed by atoms with Crippen LogP contribution in [0.2, 0.25) is 0 Å². The Bertz CT molecular complexity index is 381. The fourth-order valence-corrected chi connectivity index (χ4v) is 3.06. The Kier molecular flexibility index (Phi) is 5.45. The van der Waals surface area contributed by atoms with Crippen LogP contribution < -0.4 is 5.32 Å². The van der Waals surface area contributed by atoms with Gasteiger partial charge in [0.15, 0.2) is 0 Å². The van der Waals surface area contributed by atoms with Crippen molar-refractivity contribution < 1.29 is 0 Å². The van der Waals surface area contributed by atoms with Crippen LogP contribution in [-0.2, 0) is 0 Å². The van der Waals surface area contributed by atoms with E-state index in [9.17, 15) is 0 Å². The van der Waals surface area contributed by atoms with Gasteiger partial charge in [-0.25, -0.2) is 0 Å². The van der Waals surface area contributed by atoms with Crippen molar-refractivity contribution in [2.45, 2.75) is 64.8 Å². The summed E-state index contributed by atoms with van der Waals surface area (Å²) in [6, 6.07) is 9.74. The van der Waals surface area contributed by atoms with Gasteiger partial charge in [-0.05, 0) is 49.1 Å². The zero-order chi connectivity index (χ0) is 13.7. The highest BCUT2D eigenvalue weighted by Crippen LogP contribution is 2.29. The van der Waals surface area contributed by atoms with E-state index in [0.29, 0.717) is 5.92 Å². The molecule has 106 valence electrons. The molecule has 0 spiro atoms. The van der Waals surface area contributed by atoms with Crippen LogP contribution in [0.25, 0.3) is 0 Å². The lowest BCUT2D eigenvalue weighted by Crippen LogP contribution is -2.25. The van der Waals surface area contributed by atoms with Crippen molar-refractivity contribution in [3.8, 4) is 0 Å². The number of aryl methyl sites for hydroxylation is 1. The van der Waals surface area contributed by atoms with E-state index in [4.69, 9.17) is 0 Å². The molecule has 0 bridgehead atoms. The Morgan fingerprint density at radius 2 is 2.00 bits per heavy atom. The molecule has 1 aromatic rings. The van der Waals surface area contributed by atoms with Crippen molar-refractivity contribution in [3.05, 3.63) is 35.4 Å². The van der Waals surface area contributed by atoms with E-state index in [1.807, 2.05) is 0 Å². The summed E-state index contributed by atoms with van der Waals surface area (Å²) in [6.45, 7) is 8.11. The van der Waals surface area contributed by atoms with Gasteiger partial charge in [-0.15, -0.1) is 0 Å². The highest BCUT2D eigenvalue weighted by atomic mass is 14.9. The minimum atomic E-state index is 0.684. The highest BCUT2D eigenvalue weighted by molar-refractivity contribution is 5.29. The molecule has 1 aromatic carbocycles. The zero-order valence-corrected chi connectivity index (χ0v) is 12.8. The zero-order valence-electron chi connectivity index (χ0n) is 12.8. The predicted octanol–water partition coefficient (Wildman–Crippen LogP) is 4.66. The first-order chi connectivity index (χ1) is 9.20. The number of rotatable bonds is 8. The van der Waals surface area contributed by atoms with Crippen LogP contribution in [0.15, 0.2) is 24.3 Å². The smallest absolute Gasteiger partial charge is 0.00684 e. The molecule has 2 unspecified atom stereocenters. The van der Waals surface area contributed by atoms with Crippen LogP contribution in [0, 0.1) is 12.8 Å². The second-order valence-corrected chi connectivity index (χ2v) is 6.37. The molecule has 0 heterocycles. The van der Waals surface area contributed by atoms with Crippen LogP contribution in [0.3, 0.4) is 0 Å². The molecule has 1 heteroatoms. The number of nitrogens with one attached hydrogen (secondary N) is 1. The van der Waals surface area contributed by atoms with Crippen LogP contribution in [0.5, 0.6) is 0 Å². The van der Waals surface area contributed by atoms with Gasteiger partial charge in [0.05, 0.1) is 0 Å². The van der Waals surface area contributed by atoms with E-state index in [1.54, 1.807) is 5.56 Å². The molecule has 1 aliphatic carbocycles. The van der Waals surface area contributed by atoms with E-state index in [0.717, 1.165) is 18.5 Å². The molecule has 0 amide bonds. The SMILES string of the molecule is CCCC(C)CC(CNC1CC1)c1ccccc1C. The molecule has 19 heavy (non-hydrogen) atoms. The summed E-state index contributed by atoms with van der Waals surface area (Å²) in [7, 11) is 0. The first-order valence-electron chi connectivity index (χ1n) is 7.99. The Morgan fingerprint density at radius 3 is 2.63 bits per heavy atom. The van der Waals surface area contributed by atoms with Crippen molar-refractivity contribution in [2.75, 3.05) is 6.54 Å². The van der Waals surface area contributed by atoms with Crippen LogP contribution in [0.1, 0.15) is 63.0 Å². The maximum atomic E-state index is 3.73. The summed E-state index contributed by atoms with van der Waals surface area (Å²) in [5, 5.41) is 3.73. The topological polar surface area (TPSA) is 12.0 Å². The van der Waals surface area contributed by atoms with Gasteiger partial charge in [0.25, 0.3) is 0 Å². The fraction of sp³-hybridized carbons (Fsp3) is 0.667. The third-order valence-corrected chi connectivity index (χ3v) is 4.33. The molecule has 0 radical (unpaired) electrons. The van der Waals surface area contributed by atoms with Crippen molar-refractivity contribution in [1.82, 2.24) is 5.32 Å². The Labute approximate surface area is 118 Å². The van der Waals surface area contributed by atoms with E-state index >= 15 is 0 Å². The summed E-state index contributed by atoms with van der Waals surface area (Å²) in [5.74, 6) is 1.51. The Balaban J connectivity index is 2.01. The van der Waals surface area contributed by atoms with Crippen molar-refractivity contribution in [2.24, 2.45) is 5.92 Å². The lowest BCUT2D eigenvalue weighted by atomic mass is 9.85. The average molecular weight is 259 g/mol. The maximum Gasteiger partial charge on any atom is 0.00684 e. The van der Waals surface area contributed by atoms with Crippen LogP contribution in [-0.4, -0.2) is 12.6 Å². The van der Waals surface area contributed by atoms with Crippen molar-refractivity contribution >= 4 is 0 Å². The van der Waals surface area contributed by atoms with Gasteiger partial charge in [-0.2, -0.15) is 0 Å². The van der Waals surface area contributed by atoms with E-state index < -0.39 is 0 Å². The molecule has 2 atom stereocenters. The third kappa shape index (κ3) is 4.65. The quantitative estimate of drug-likeness (QED) is 0.716. The number of benzene rings is 1. The standard InChI is InChI=1S/C18H29N/c1-4-7-14(2)12-16(13-19-17-10-11-17)18-9-6-5-8-15(18)3/h5-6,8-9,14,16-17,19H,4,7,10-13H2,1-3H3. The Morgan fingerprint density at radius 1 is 1.26 bits per heavy atom. The molecule has 1 N–H and O–H groups in total. The fourth-order valence-electron chi connectivity index (χ4n) is 3.06. The van der Waals surface area contributed by atoms with Crippen molar-refractivity contribution in [3.63, 3.8) is 0 Å². The number of hydrogen-bond acceptors (Lipinski definition) is 1. The monoisotopic (exact) mass is 259 g/mol. The highest BCUT2D eigenvalue weighted by Gasteiger charge is 2.23. The average Bonchev–Trinajstić information content (AvgIpc) is 3.19. The first kappa shape index (κ1) is 14.6. The van der Waals surface area contributed by atoms with E-state index in [1.165, 1.54) is 37.7 Å². The van der Waals surface area contributed by atoms with Gasteiger partial charge in [0.2, 0.25) is 0 Å². The van der Waals surface area contributed by atoms with E-state index in [-0.39, 0.29) is 0 Å². The van der Waals surface area contributed by atoms with Gasteiger partial charge < -0.3 is 5.32 Å². The minimum Gasteiger partial charge on any atom is -0.313 e. The molecular weight excluding hydrogens is 230 g/mol. The van der Waals surface area contributed by atoms with Gasteiger partial charge in [-0.3, -0.25) is 0 Å². The third-order valence-electron chi connectivity index (χ3n) is 4.33.